The van der Waals surface area contributed by atoms with Crippen molar-refractivity contribution in [2.45, 2.75) is 6.42 Å². The maximum Gasteiger partial charge on any atom is 0.267 e. The van der Waals surface area contributed by atoms with E-state index in [9.17, 15) is 9.59 Å². The summed E-state index contributed by atoms with van der Waals surface area (Å²) in [5.41, 5.74) is 2.76. The molecule has 0 spiro atoms. The second-order valence-corrected chi connectivity index (χ2v) is 8.46. The van der Waals surface area contributed by atoms with E-state index in [0.717, 1.165) is 16.9 Å². The highest BCUT2D eigenvalue weighted by Gasteiger charge is 2.17. The number of methoxy groups -OCH3 is 1. The summed E-state index contributed by atoms with van der Waals surface area (Å²) in [5.74, 6) is 0.453. The Balaban J connectivity index is 1.50. The molecule has 178 valence electrons. The zero-order valence-electron chi connectivity index (χ0n) is 18.8. The minimum atomic E-state index is -0.529. The summed E-state index contributed by atoms with van der Waals surface area (Å²) in [6.07, 6.45) is 2.07. The topological polar surface area (TPSA) is 96.1 Å². The van der Waals surface area contributed by atoms with Crippen LogP contribution in [-0.2, 0) is 11.2 Å². The molecular weight excluding hydrogens is 487 g/mol. The number of carbonyl (C=O) groups is 2. The molecule has 0 fully saturated rings. The van der Waals surface area contributed by atoms with E-state index in [2.05, 4.69) is 20.6 Å². The van der Waals surface area contributed by atoms with Crippen LogP contribution in [0.1, 0.15) is 21.7 Å². The Bertz CT molecular complexity index is 1360. The van der Waals surface area contributed by atoms with Crippen LogP contribution in [0.25, 0.3) is 17.1 Å². The number of H-pyrrole nitrogens is 1. The van der Waals surface area contributed by atoms with Crippen LogP contribution in [0.5, 0.6) is 5.75 Å². The number of fused-ring (bicyclic) bond motifs is 1. The van der Waals surface area contributed by atoms with Crippen molar-refractivity contribution in [3.8, 4) is 5.75 Å². The van der Waals surface area contributed by atoms with Crippen LogP contribution < -0.4 is 15.4 Å². The van der Waals surface area contributed by atoms with Crippen molar-refractivity contribution >= 4 is 52.1 Å². The number of amides is 2. The molecule has 1 aromatic heterocycles. The average molecular weight is 509 g/mol. The second-order valence-electron chi connectivity index (χ2n) is 7.62. The molecule has 9 heteroatoms. The van der Waals surface area contributed by atoms with Crippen molar-refractivity contribution in [3.63, 3.8) is 0 Å². The predicted molar refractivity (Wildman–Crippen MR) is 138 cm³/mol. The molecule has 3 aromatic carbocycles. The number of nitrogens with zero attached hydrogens (tertiary/aromatic N) is 1. The lowest BCUT2D eigenvalue weighted by Gasteiger charge is -2.12. The summed E-state index contributed by atoms with van der Waals surface area (Å²) < 4.78 is 5.18. The van der Waals surface area contributed by atoms with E-state index in [0.29, 0.717) is 29.3 Å². The molecule has 35 heavy (non-hydrogen) atoms. The SMILES string of the molecule is COc1ccc(C=C(NC(=O)c2ccc(Cl)cc2Cl)C(=O)NCCc2nc3ccccc3[nH]2)cc1. The molecule has 1 heterocycles. The number of benzene rings is 3. The zero-order valence-corrected chi connectivity index (χ0v) is 20.3. The van der Waals surface area contributed by atoms with Crippen LogP contribution in [0.15, 0.2) is 72.4 Å². The third-order valence-corrected chi connectivity index (χ3v) is 5.73. The summed E-state index contributed by atoms with van der Waals surface area (Å²) in [7, 11) is 1.57. The molecule has 0 saturated heterocycles. The summed E-state index contributed by atoms with van der Waals surface area (Å²) >= 11 is 12.1. The van der Waals surface area contributed by atoms with Gasteiger partial charge in [-0.15, -0.1) is 0 Å². The number of aromatic nitrogens is 2. The quantitative estimate of drug-likeness (QED) is 0.291. The van der Waals surface area contributed by atoms with Gasteiger partial charge >= 0.3 is 0 Å². The Kier molecular flexibility index (Phi) is 7.70. The van der Waals surface area contributed by atoms with Gasteiger partial charge in [0.1, 0.15) is 17.3 Å². The molecule has 0 unspecified atom stereocenters. The van der Waals surface area contributed by atoms with Crippen LogP contribution in [0, 0.1) is 0 Å². The summed E-state index contributed by atoms with van der Waals surface area (Å²) in [5, 5.41) is 6.10. The monoisotopic (exact) mass is 508 g/mol. The molecule has 3 N–H and O–H groups in total. The first kappa shape index (κ1) is 24.3. The van der Waals surface area contributed by atoms with Gasteiger partial charge in [0.05, 0.1) is 28.7 Å². The van der Waals surface area contributed by atoms with Crippen molar-refractivity contribution in [1.82, 2.24) is 20.6 Å². The fourth-order valence-corrected chi connectivity index (χ4v) is 3.90. The summed E-state index contributed by atoms with van der Waals surface area (Å²) in [4.78, 5) is 33.7. The van der Waals surface area contributed by atoms with Crippen LogP contribution in [0.3, 0.4) is 0 Å². The fourth-order valence-electron chi connectivity index (χ4n) is 3.40. The van der Waals surface area contributed by atoms with Crippen molar-refractivity contribution in [2.24, 2.45) is 0 Å². The lowest BCUT2D eigenvalue weighted by molar-refractivity contribution is -0.117. The fraction of sp³-hybridized carbons (Fsp3) is 0.115. The minimum absolute atomic E-state index is 0.0655. The Morgan fingerprint density at radius 1 is 1.06 bits per heavy atom. The largest absolute Gasteiger partial charge is 0.497 e. The van der Waals surface area contributed by atoms with Crippen molar-refractivity contribution in [3.05, 3.63) is 99.4 Å². The van der Waals surface area contributed by atoms with Crippen LogP contribution >= 0.6 is 23.2 Å². The number of nitrogens with one attached hydrogen (secondary N) is 3. The lowest BCUT2D eigenvalue weighted by Crippen LogP contribution is -2.36. The average Bonchev–Trinajstić information content (AvgIpc) is 3.26. The lowest BCUT2D eigenvalue weighted by atomic mass is 10.1. The highest BCUT2D eigenvalue weighted by atomic mass is 35.5. The minimum Gasteiger partial charge on any atom is -0.497 e. The molecular formula is C26H22Cl2N4O3. The smallest absolute Gasteiger partial charge is 0.267 e. The number of imidazole rings is 1. The maximum atomic E-state index is 13.0. The molecule has 0 radical (unpaired) electrons. The van der Waals surface area contributed by atoms with Gasteiger partial charge in [0, 0.05) is 18.0 Å². The first-order valence-corrected chi connectivity index (χ1v) is 11.5. The predicted octanol–water partition coefficient (Wildman–Crippen LogP) is 5.01. The summed E-state index contributed by atoms with van der Waals surface area (Å²) in [6.45, 7) is 0.316. The Hall–Kier alpha value is -3.81. The van der Waals surface area contributed by atoms with Gasteiger partial charge in [-0.1, -0.05) is 47.5 Å². The van der Waals surface area contributed by atoms with Gasteiger partial charge in [0.2, 0.25) is 0 Å². The Morgan fingerprint density at radius 2 is 1.83 bits per heavy atom. The third-order valence-electron chi connectivity index (χ3n) is 5.18. The van der Waals surface area contributed by atoms with E-state index in [-0.39, 0.29) is 16.3 Å². The molecule has 0 aliphatic heterocycles. The molecule has 0 bridgehead atoms. The normalized spacial score (nSPS) is 11.3. The van der Waals surface area contributed by atoms with Gasteiger partial charge in [-0.3, -0.25) is 9.59 Å². The summed E-state index contributed by atoms with van der Waals surface area (Å²) in [6, 6.07) is 19.3. The van der Waals surface area contributed by atoms with E-state index in [1.54, 1.807) is 43.5 Å². The van der Waals surface area contributed by atoms with Gasteiger partial charge in [-0.05, 0) is 54.1 Å². The van der Waals surface area contributed by atoms with Crippen LogP contribution in [0.2, 0.25) is 10.0 Å². The maximum absolute atomic E-state index is 13.0. The Labute approximate surface area is 212 Å². The van der Waals surface area contributed by atoms with Gasteiger partial charge in [-0.25, -0.2) is 4.98 Å². The van der Waals surface area contributed by atoms with Crippen molar-refractivity contribution in [1.29, 1.82) is 0 Å². The number of para-hydroxylation sites is 2. The molecule has 0 atom stereocenters. The molecule has 2 amide bonds. The van der Waals surface area contributed by atoms with Crippen LogP contribution in [0.4, 0.5) is 0 Å². The number of aromatic amines is 1. The van der Waals surface area contributed by atoms with Gasteiger partial charge in [0.15, 0.2) is 0 Å². The van der Waals surface area contributed by atoms with E-state index in [4.69, 9.17) is 27.9 Å². The zero-order chi connectivity index (χ0) is 24.8. The van der Waals surface area contributed by atoms with E-state index in [1.807, 2.05) is 24.3 Å². The molecule has 0 saturated carbocycles. The molecule has 4 aromatic rings. The number of ether oxygens (including phenoxy) is 1. The number of carbonyl (C=O) groups excluding carboxylic acids is 2. The van der Waals surface area contributed by atoms with Gasteiger partial charge < -0.3 is 20.4 Å². The highest BCUT2D eigenvalue weighted by Crippen LogP contribution is 2.21. The van der Waals surface area contributed by atoms with Gasteiger partial charge in [0.25, 0.3) is 11.8 Å². The number of hydrogen-bond acceptors (Lipinski definition) is 4. The first-order chi connectivity index (χ1) is 16.9. The number of halogens is 2. The van der Waals surface area contributed by atoms with E-state index < -0.39 is 11.8 Å². The van der Waals surface area contributed by atoms with E-state index in [1.165, 1.54) is 12.1 Å². The van der Waals surface area contributed by atoms with Crippen molar-refractivity contribution < 1.29 is 14.3 Å². The van der Waals surface area contributed by atoms with Crippen molar-refractivity contribution in [2.75, 3.05) is 13.7 Å². The number of rotatable bonds is 8. The highest BCUT2D eigenvalue weighted by molar-refractivity contribution is 6.36. The number of hydrogen-bond donors (Lipinski definition) is 3. The molecule has 0 aliphatic carbocycles. The molecule has 4 rings (SSSR count). The molecule has 0 aliphatic rings. The Morgan fingerprint density at radius 3 is 2.54 bits per heavy atom. The van der Waals surface area contributed by atoms with Gasteiger partial charge in [-0.2, -0.15) is 0 Å². The third kappa shape index (κ3) is 6.20. The van der Waals surface area contributed by atoms with Crippen LogP contribution in [-0.4, -0.2) is 35.4 Å². The standard InChI is InChI=1S/C26H22Cl2N4O3/c1-35-18-9-6-16(7-10-18)14-23(32-25(33)19-11-8-17(27)15-20(19)28)26(34)29-13-12-24-30-21-4-2-3-5-22(21)31-24/h2-11,14-15H,12-13H2,1H3,(H,29,34)(H,30,31)(H,32,33). The first-order valence-electron chi connectivity index (χ1n) is 10.8. The molecule has 7 nitrogen and oxygen atoms in total. The second kappa shape index (κ2) is 11.1. The van der Waals surface area contributed by atoms with E-state index >= 15 is 0 Å².